The number of rotatable bonds is 6. The largest absolute Gasteiger partial charge is 0.383 e. The Morgan fingerprint density at radius 3 is 2.53 bits per heavy atom. The number of piperidine rings is 1. The molecule has 3 unspecified atom stereocenters. The molecule has 0 aromatic carbocycles. The maximum absolute atomic E-state index is 12.2. The van der Waals surface area contributed by atoms with Gasteiger partial charge in [-0.25, -0.2) is 0 Å². The van der Waals surface area contributed by atoms with Gasteiger partial charge in [-0.3, -0.25) is 9.69 Å². The van der Waals surface area contributed by atoms with Crippen molar-refractivity contribution in [3.8, 4) is 0 Å². The summed E-state index contributed by atoms with van der Waals surface area (Å²) in [5.74, 6) is 0.136. The van der Waals surface area contributed by atoms with Crippen LogP contribution in [0, 0.1) is 0 Å². The fourth-order valence-electron chi connectivity index (χ4n) is 3.64. The molecule has 19 heavy (non-hydrogen) atoms. The number of amides is 1. The fourth-order valence-corrected chi connectivity index (χ4v) is 3.64. The molecule has 3 atom stereocenters. The number of methoxy groups -OCH3 is 1. The molecule has 2 bridgehead atoms. The Morgan fingerprint density at radius 1 is 1.37 bits per heavy atom. The summed E-state index contributed by atoms with van der Waals surface area (Å²) in [7, 11) is 3.69. The van der Waals surface area contributed by atoms with Crippen LogP contribution in [0.15, 0.2) is 0 Å². The summed E-state index contributed by atoms with van der Waals surface area (Å²) in [6, 6.07) is 1.74. The van der Waals surface area contributed by atoms with Crippen LogP contribution in [0.3, 0.4) is 0 Å². The van der Waals surface area contributed by atoms with Crippen LogP contribution in [-0.4, -0.2) is 62.3 Å². The van der Waals surface area contributed by atoms with Gasteiger partial charge in [-0.05, 0) is 39.7 Å². The second-order valence-electron chi connectivity index (χ2n) is 5.75. The second kappa shape index (κ2) is 6.68. The molecule has 0 aromatic rings. The highest BCUT2D eigenvalue weighted by Crippen LogP contribution is 2.37. The lowest BCUT2D eigenvalue weighted by Gasteiger charge is -2.41. The zero-order chi connectivity index (χ0) is 13.8. The van der Waals surface area contributed by atoms with Crippen molar-refractivity contribution >= 4 is 5.91 Å². The minimum Gasteiger partial charge on any atom is -0.383 e. The van der Waals surface area contributed by atoms with E-state index in [0.29, 0.717) is 31.3 Å². The zero-order valence-corrected chi connectivity index (χ0v) is 12.3. The van der Waals surface area contributed by atoms with Gasteiger partial charge in [-0.1, -0.05) is 0 Å². The summed E-state index contributed by atoms with van der Waals surface area (Å²) in [6.07, 6.45) is 4.81. The first kappa shape index (κ1) is 14.8. The summed E-state index contributed by atoms with van der Waals surface area (Å²) < 4.78 is 4.96. The van der Waals surface area contributed by atoms with Gasteiger partial charge in [-0.15, -0.1) is 0 Å². The van der Waals surface area contributed by atoms with Gasteiger partial charge in [0.1, 0.15) is 0 Å². The van der Waals surface area contributed by atoms with Crippen molar-refractivity contribution in [2.24, 2.45) is 0 Å². The minimum atomic E-state index is -0.0211. The van der Waals surface area contributed by atoms with Crippen LogP contribution in [0.2, 0.25) is 0 Å². The van der Waals surface area contributed by atoms with Gasteiger partial charge in [0.2, 0.25) is 5.91 Å². The number of ether oxygens (including phenoxy) is 1. The molecule has 0 radical (unpaired) electrons. The Labute approximate surface area is 116 Å². The molecule has 2 heterocycles. The molecule has 5 nitrogen and oxygen atoms in total. The smallest absolute Gasteiger partial charge is 0.237 e. The SMILES string of the molecule is CNC1CC2CCC(C1)N2C(C)C(=O)NCCOC. The molecule has 2 fully saturated rings. The highest BCUT2D eigenvalue weighted by molar-refractivity contribution is 5.81. The number of nitrogens with one attached hydrogen (secondary N) is 2. The van der Waals surface area contributed by atoms with Crippen LogP contribution in [0.4, 0.5) is 0 Å². The van der Waals surface area contributed by atoms with Crippen LogP contribution in [0.25, 0.3) is 0 Å². The lowest BCUT2D eigenvalue weighted by molar-refractivity contribution is -0.128. The minimum absolute atomic E-state index is 0.0211. The predicted molar refractivity (Wildman–Crippen MR) is 75.1 cm³/mol. The molecule has 2 N–H and O–H groups in total. The lowest BCUT2D eigenvalue weighted by Crippen LogP contribution is -2.56. The summed E-state index contributed by atoms with van der Waals surface area (Å²) in [4.78, 5) is 14.6. The quantitative estimate of drug-likeness (QED) is 0.683. The standard InChI is InChI=1S/C14H27N3O2/c1-10(14(18)16-6-7-19-3)17-12-4-5-13(17)9-11(8-12)15-2/h10-13,15H,4-9H2,1-3H3,(H,16,18). The van der Waals surface area contributed by atoms with Gasteiger partial charge >= 0.3 is 0 Å². The Morgan fingerprint density at radius 2 is 2.00 bits per heavy atom. The zero-order valence-electron chi connectivity index (χ0n) is 12.3. The van der Waals surface area contributed by atoms with E-state index in [2.05, 4.69) is 15.5 Å². The number of hydrogen-bond acceptors (Lipinski definition) is 4. The van der Waals surface area contributed by atoms with Crippen LogP contribution in [0.5, 0.6) is 0 Å². The van der Waals surface area contributed by atoms with E-state index in [0.717, 1.165) is 0 Å². The molecule has 2 aliphatic heterocycles. The van der Waals surface area contributed by atoms with Gasteiger partial charge in [0.15, 0.2) is 0 Å². The van der Waals surface area contributed by atoms with E-state index in [4.69, 9.17) is 4.74 Å². The predicted octanol–water partition coefficient (Wildman–Crippen LogP) is 0.352. The summed E-state index contributed by atoms with van der Waals surface area (Å²) in [5.41, 5.74) is 0. The number of fused-ring (bicyclic) bond motifs is 2. The molecule has 0 saturated carbocycles. The lowest BCUT2D eigenvalue weighted by atomic mass is 9.95. The number of hydrogen-bond donors (Lipinski definition) is 2. The first-order valence-electron chi connectivity index (χ1n) is 7.38. The molecule has 0 spiro atoms. The third-order valence-corrected chi connectivity index (χ3v) is 4.63. The van der Waals surface area contributed by atoms with E-state index < -0.39 is 0 Å². The Bertz CT molecular complexity index is 297. The summed E-state index contributed by atoms with van der Waals surface area (Å²) in [5, 5.41) is 6.35. The van der Waals surface area contributed by atoms with Crippen LogP contribution in [0.1, 0.15) is 32.6 Å². The van der Waals surface area contributed by atoms with Crippen LogP contribution >= 0.6 is 0 Å². The van der Waals surface area contributed by atoms with Crippen molar-refractivity contribution in [2.45, 2.75) is 56.8 Å². The normalized spacial score (nSPS) is 32.3. The molecule has 2 rings (SSSR count). The van der Waals surface area contributed by atoms with E-state index in [9.17, 15) is 4.79 Å². The van der Waals surface area contributed by atoms with Crippen LogP contribution in [-0.2, 0) is 9.53 Å². The molecule has 2 aliphatic rings. The van der Waals surface area contributed by atoms with E-state index in [1.165, 1.54) is 25.7 Å². The summed E-state index contributed by atoms with van der Waals surface area (Å²) >= 11 is 0. The molecule has 2 saturated heterocycles. The van der Waals surface area contributed by atoms with Crippen molar-refractivity contribution in [1.82, 2.24) is 15.5 Å². The average Bonchev–Trinajstić information content (AvgIpc) is 2.68. The third-order valence-electron chi connectivity index (χ3n) is 4.63. The Kier molecular flexibility index (Phi) is 5.19. The first-order valence-corrected chi connectivity index (χ1v) is 7.38. The fraction of sp³-hybridized carbons (Fsp3) is 0.929. The average molecular weight is 269 g/mol. The maximum atomic E-state index is 12.2. The molecule has 0 aromatic heterocycles. The van der Waals surface area contributed by atoms with Crippen molar-refractivity contribution in [2.75, 3.05) is 27.3 Å². The third kappa shape index (κ3) is 3.27. The second-order valence-corrected chi connectivity index (χ2v) is 5.75. The Balaban J connectivity index is 1.89. The van der Waals surface area contributed by atoms with Crippen molar-refractivity contribution in [1.29, 1.82) is 0 Å². The maximum Gasteiger partial charge on any atom is 0.237 e. The molecule has 0 aliphatic carbocycles. The van der Waals surface area contributed by atoms with E-state index in [1.807, 2.05) is 14.0 Å². The van der Waals surface area contributed by atoms with Crippen molar-refractivity contribution < 1.29 is 9.53 Å². The molecule has 5 heteroatoms. The van der Waals surface area contributed by atoms with Gasteiger partial charge in [-0.2, -0.15) is 0 Å². The number of carbonyl (C=O) groups is 1. The first-order chi connectivity index (χ1) is 9.17. The Hall–Kier alpha value is -0.650. The van der Waals surface area contributed by atoms with Gasteiger partial charge in [0, 0.05) is 31.8 Å². The van der Waals surface area contributed by atoms with Crippen molar-refractivity contribution in [3.05, 3.63) is 0 Å². The van der Waals surface area contributed by atoms with Gasteiger partial charge in [0.05, 0.1) is 12.6 Å². The van der Waals surface area contributed by atoms with Gasteiger partial charge in [0.25, 0.3) is 0 Å². The molecular formula is C14H27N3O2. The number of carbonyl (C=O) groups excluding carboxylic acids is 1. The molecular weight excluding hydrogens is 242 g/mol. The molecule has 1 amide bonds. The van der Waals surface area contributed by atoms with E-state index in [1.54, 1.807) is 7.11 Å². The number of nitrogens with zero attached hydrogens (tertiary/aromatic N) is 1. The topological polar surface area (TPSA) is 53.6 Å². The highest BCUT2D eigenvalue weighted by Gasteiger charge is 2.43. The molecule has 110 valence electrons. The summed E-state index contributed by atoms with van der Waals surface area (Å²) in [6.45, 7) is 3.21. The van der Waals surface area contributed by atoms with E-state index in [-0.39, 0.29) is 11.9 Å². The van der Waals surface area contributed by atoms with E-state index >= 15 is 0 Å². The van der Waals surface area contributed by atoms with Gasteiger partial charge < -0.3 is 15.4 Å². The highest BCUT2D eigenvalue weighted by atomic mass is 16.5. The van der Waals surface area contributed by atoms with Crippen LogP contribution < -0.4 is 10.6 Å². The van der Waals surface area contributed by atoms with Crippen molar-refractivity contribution in [3.63, 3.8) is 0 Å². The monoisotopic (exact) mass is 269 g/mol.